The fourth-order valence-electron chi connectivity index (χ4n) is 2.74. The Morgan fingerprint density at radius 1 is 1.43 bits per heavy atom. The first kappa shape index (κ1) is 13.8. The topological polar surface area (TPSA) is 67.2 Å². The molecule has 0 unspecified atom stereocenters. The number of rotatable bonds is 6. The second-order valence-corrected chi connectivity index (χ2v) is 5.59. The fraction of sp³-hybridized carbons (Fsp3) is 0.375. The van der Waals surface area contributed by atoms with Gasteiger partial charge >= 0.3 is 5.97 Å². The third-order valence-electron chi connectivity index (χ3n) is 4.06. The van der Waals surface area contributed by atoms with Crippen molar-refractivity contribution in [3.63, 3.8) is 0 Å². The molecule has 3 rings (SSSR count). The van der Waals surface area contributed by atoms with Crippen LogP contribution in [0, 0.1) is 5.92 Å². The van der Waals surface area contributed by atoms with Crippen LogP contribution in [0.5, 0.6) is 0 Å². The molecule has 0 saturated heterocycles. The second-order valence-electron chi connectivity index (χ2n) is 5.59. The summed E-state index contributed by atoms with van der Waals surface area (Å²) in [5.41, 5.74) is 2.41. The number of carboxylic acid groups (broad SMARTS) is 1. The predicted octanol–water partition coefficient (Wildman–Crippen LogP) is 2.01. The number of benzene rings is 1. The maximum Gasteiger partial charge on any atom is 0.356 e. The molecule has 1 saturated carbocycles. The molecule has 2 N–H and O–H groups in total. The van der Waals surface area contributed by atoms with Gasteiger partial charge < -0.3 is 10.4 Å². The Bertz CT molecular complexity index is 636. The Morgan fingerprint density at radius 2 is 2.19 bits per heavy atom. The number of hydrogen-bond acceptors (Lipinski definition) is 3. The molecule has 5 heteroatoms. The first-order chi connectivity index (χ1) is 10.1. The number of carboxylic acids is 1. The summed E-state index contributed by atoms with van der Waals surface area (Å²) >= 11 is 0. The zero-order valence-electron chi connectivity index (χ0n) is 12.0. The number of hydrogen-bond donors (Lipinski definition) is 2. The Labute approximate surface area is 123 Å². The van der Waals surface area contributed by atoms with Crippen molar-refractivity contribution in [2.75, 3.05) is 6.54 Å². The van der Waals surface area contributed by atoms with Crippen LogP contribution in [-0.4, -0.2) is 27.4 Å². The van der Waals surface area contributed by atoms with Crippen LogP contribution in [0.3, 0.4) is 0 Å². The normalized spacial score (nSPS) is 20.4. The molecule has 0 amide bonds. The van der Waals surface area contributed by atoms with Gasteiger partial charge in [-0.25, -0.2) is 4.79 Å². The molecular formula is C16H19N3O2. The number of aryl methyl sites for hydroxylation is 1. The summed E-state index contributed by atoms with van der Waals surface area (Å²) in [6, 6.07) is 12.2. The van der Waals surface area contributed by atoms with Crippen molar-refractivity contribution in [3.05, 3.63) is 53.3 Å². The monoisotopic (exact) mass is 285 g/mol. The van der Waals surface area contributed by atoms with Crippen molar-refractivity contribution in [1.29, 1.82) is 0 Å². The van der Waals surface area contributed by atoms with Crippen LogP contribution in [0.4, 0.5) is 0 Å². The van der Waals surface area contributed by atoms with E-state index in [1.807, 2.05) is 6.07 Å². The molecule has 1 heterocycles. The highest BCUT2D eigenvalue weighted by atomic mass is 16.4. The third-order valence-corrected chi connectivity index (χ3v) is 4.06. The number of nitrogens with one attached hydrogen (secondary N) is 1. The van der Waals surface area contributed by atoms with Gasteiger partial charge in [-0.3, -0.25) is 4.68 Å². The fourth-order valence-corrected chi connectivity index (χ4v) is 2.74. The van der Waals surface area contributed by atoms with Gasteiger partial charge in [0, 0.05) is 13.6 Å². The molecule has 0 bridgehead atoms. The lowest BCUT2D eigenvalue weighted by Crippen LogP contribution is -2.18. The van der Waals surface area contributed by atoms with Gasteiger partial charge in [-0.2, -0.15) is 5.10 Å². The molecule has 0 aliphatic heterocycles. The highest BCUT2D eigenvalue weighted by Crippen LogP contribution is 2.46. The number of aromatic nitrogens is 2. The van der Waals surface area contributed by atoms with E-state index in [-0.39, 0.29) is 5.69 Å². The van der Waals surface area contributed by atoms with E-state index in [1.165, 1.54) is 12.0 Å². The van der Waals surface area contributed by atoms with Gasteiger partial charge in [-0.1, -0.05) is 30.3 Å². The number of carbonyl (C=O) groups is 1. The standard InChI is InChI=1S/C16H19N3O2/c1-19-13(8-15(18-19)16(20)21)10-17-9-12-7-14(12)11-5-3-2-4-6-11/h2-6,8,12,14,17H,7,9-10H2,1H3,(H,20,21)/t12-,14-/m0/s1. The Balaban J connectivity index is 1.48. The van der Waals surface area contributed by atoms with Crippen LogP contribution in [0.15, 0.2) is 36.4 Å². The van der Waals surface area contributed by atoms with Crippen molar-refractivity contribution in [3.8, 4) is 0 Å². The zero-order chi connectivity index (χ0) is 14.8. The molecule has 0 spiro atoms. The number of aromatic carboxylic acids is 1. The average Bonchev–Trinajstić information content (AvgIpc) is 3.16. The lowest BCUT2D eigenvalue weighted by Gasteiger charge is -2.05. The SMILES string of the molecule is Cn1nc(C(=O)O)cc1CNC[C@@H]1C[C@H]1c1ccccc1. The quantitative estimate of drug-likeness (QED) is 0.852. The third kappa shape index (κ3) is 3.13. The minimum absolute atomic E-state index is 0.0999. The maximum atomic E-state index is 10.9. The summed E-state index contributed by atoms with van der Waals surface area (Å²) in [5.74, 6) is 0.363. The summed E-state index contributed by atoms with van der Waals surface area (Å²) in [5, 5.41) is 16.3. The Morgan fingerprint density at radius 3 is 2.86 bits per heavy atom. The van der Waals surface area contributed by atoms with Crippen molar-refractivity contribution < 1.29 is 9.90 Å². The van der Waals surface area contributed by atoms with E-state index in [0.717, 1.165) is 12.2 Å². The predicted molar refractivity (Wildman–Crippen MR) is 79.2 cm³/mol. The summed E-state index contributed by atoms with van der Waals surface area (Å²) in [7, 11) is 1.77. The minimum Gasteiger partial charge on any atom is -0.476 e. The highest BCUT2D eigenvalue weighted by Gasteiger charge is 2.37. The maximum absolute atomic E-state index is 10.9. The molecule has 0 radical (unpaired) electrons. The van der Waals surface area contributed by atoms with E-state index in [4.69, 9.17) is 5.11 Å². The molecule has 1 aliphatic carbocycles. The van der Waals surface area contributed by atoms with Gasteiger partial charge in [0.25, 0.3) is 0 Å². The smallest absolute Gasteiger partial charge is 0.356 e. The van der Waals surface area contributed by atoms with Crippen LogP contribution in [0.1, 0.15) is 34.1 Å². The van der Waals surface area contributed by atoms with E-state index in [2.05, 4.69) is 34.7 Å². The molecule has 1 aliphatic rings. The van der Waals surface area contributed by atoms with Crippen LogP contribution in [-0.2, 0) is 13.6 Å². The molecule has 21 heavy (non-hydrogen) atoms. The summed E-state index contributed by atoms with van der Waals surface area (Å²) in [6.45, 7) is 1.60. The largest absolute Gasteiger partial charge is 0.476 e. The van der Waals surface area contributed by atoms with Gasteiger partial charge in [-0.05, 0) is 36.4 Å². The van der Waals surface area contributed by atoms with E-state index in [9.17, 15) is 4.79 Å². The lowest BCUT2D eigenvalue weighted by atomic mass is 10.1. The summed E-state index contributed by atoms with van der Waals surface area (Å²) < 4.78 is 1.62. The molecule has 2 aromatic rings. The Hall–Kier alpha value is -2.14. The van der Waals surface area contributed by atoms with Crippen LogP contribution in [0.25, 0.3) is 0 Å². The van der Waals surface area contributed by atoms with Crippen LogP contribution >= 0.6 is 0 Å². The van der Waals surface area contributed by atoms with E-state index >= 15 is 0 Å². The lowest BCUT2D eigenvalue weighted by molar-refractivity contribution is 0.0689. The Kier molecular flexibility index (Phi) is 3.75. The van der Waals surface area contributed by atoms with E-state index in [0.29, 0.717) is 18.4 Å². The van der Waals surface area contributed by atoms with Gasteiger partial charge in [0.2, 0.25) is 0 Å². The minimum atomic E-state index is -0.983. The van der Waals surface area contributed by atoms with Crippen LogP contribution < -0.4 is 5.32 Å². The van der Waals surface area contributed by atoms with Crippen LogP contribution in [0.2, 0.25) is 0 Å². The molecule has 110 valence electrons. The van der Waals surface area contributed by atoms with Gasteiger partial charge in [0.05, 0.1) is 5.69 Å². The van der Waals surface area contributed by atoms with Crippen molar-refractivity contribution >= 4 is 5.97 Å². The van der Waals surface area contributed by atoms with Gasteiger partial charge in [0.15, 0.2) is 5.69 Å². The van der Waals surface area contributed by atoms with Gasteiger partial charge in [-0.15, -0.1) is 0 Å². The highest BCUT2D eigenvalue weighted by molar-refractivity contribution is 5.85. The summed E-state index contributed by atoms with van der Waals surface area (Å²) in [4.78, 5) is 10.9. The van der Waals surface area contributed by atoms with Crippen molar-refractivity contribution in [2.45, 2.75) is 18.9 Å². The first-order valence-electron chi connectivity index (χ1n) is 7.17. The zero-order valence-corrected chi connectivity index (χ0v) is 12.0. The number of nitrogens with zero attached hydrogens (tertiary/aromatic N) is 2. The van der Waals surface area contributed by atoms with Crippen molar-refractivity contribution in [1.82, 2.24) is 15.1 Å². The van der Waals surface area contributed by atoms with E-state index < -0.39 is 5.97 Å². The molecule has 1 aromatic carbocycles. The van der Waals surface area contributed by atoms with E-state index in [1.54, 1.807) is 17.8 Å². The van der Waals surface area contributed by atoms with Crippen molar-refractivity contribution in [2.24, 2.45) is 13.0 Å². The molecule has 2 atom stereocenters. The molecule has 5 nitrogen and oxygen atoms in total. The average molecular weight is 285 g/mol. The first-order valence-corrected chi connectivity index (χ1v) is 7.17. The summed E-state index contributed by atoms with van der Waals surface area (Å²) in [6.07, 6.45) is 1.22. The molecular weight excluding hydrogens is 266 g/mol. The van der Waals surface area contributed by atoms with Gasteiger partial charge in [0.1, 0.15) is 0 Å². The molecule has 1 aromatic heterocycles. The molecule has 1 fully saturated rings. The second kappa shape index (κ2) is 5.69.